The van der Waals surface area contributed by atoms with Gasteiger partial charge in [0, 0.05) is 24.0 Å². The number of fused-ring (bicyclic) bond motifs is 1. The monoisotopic (exact) mass is 388 g/mol. The summed E-state index contributed by atoms with van der Waals surface area (Å²) in [5.74, 6) is 0.964. The van der Waals surface area contributed by atoms with Gasteiger partial charge >= 0.3 is 0 Å². The number of ether oxygens (including phenoxy) is 1. The van der Waals surface area contributed by atoms with Crippen LogP contribution in [0.25, 0.3) is 22.2 Å². The first-order valence-electron chi connectivity index (χ1n) is 10.7. The van der Waals surface area contributed by atoms with Crippen LogP contribution in [0.15, 0.2) is 54.6 Å². The number of aromatic nitrogens is 1. The highest BCUT2D eigenvalue weighted by atomic mass is 16.5. The summed E-state index contributed by atoms with van der Waals surface area (Å²) in [5.41, 5.74) is 3.41. The number of pyridine rings is 1. The Balaban J connectivity index is 1.73. The van der Waals surface area contributed by atoms with Gasteiger partial charge in [-0.3, -0.25) is 4.79 Å². The predicted octanol–water partition coefficient (Wildman–Crippen LogP) is 5.71. The highest BCUT2D eigenvalue weighted by molar-refractivity contribution is 6.07. The molecule has 3 aromatic rings. The molecule has 0 aliphatic carbocycles. The normalized spacial score (nSPS) is 15.0. The van der Waals surface area contributed by atoms with Crippen molar-refractivity contribution in [3.63, 3.8) is 0 Å². The zero-order valence-electron chi connectivity index (χ0n) is 17.1. The van der Waals surface area contributed by atoms with E-state index in [1.54, 1.807) is 0 Å². The maximum absolute atomic E-state index is 13.5. The van der Waals surface area contributed by atoms with Crippen LogP contribution >= 0.6 is 0 Å². The van der Waals surface area contributed by atoms with Crippen LogP contribution in [-0.2, 0) is 0 Å². The molecule has 1 aliphatic heterocycles. The van der Waals surface area contributed by atoms with Crippen LogP contribution in [0.4, 0.5) is 0 Å². The van der Waals surface area contributed by atoms with Gasteiger partial charge < -0.3 is 9.64 Å². The van der Waals surface area contributed by atoms with E-state index in [1.807, 2.05) is 66.4 Å². The zero-order chi connectivity index (χ0) is 20.1. The van der Waals surface area contributed by atoms with Gasteiger partial charge in [-0.05, 0) is 56.2 Å². The lowest BCUT2D eigenvalue weighted by atomic mass is 10.0. The summed E-state index contributed by atoms with van der Waals surface area (Å²) in [6.45, 7) is 4.30. The van der Waals surface area contributed by atoms with Crippen LogP contribution in [0.2, 0.25) is 0 Å². The third kappa shape index (κ3) is 4.42. The van der Waals surface area contributed by atoms with Gasteiger partial charge in [-0.15, -0.1) is 0 Å². The minimum absolute atomic E-state index is 0.123. The summed E-state index contributed by atoms with van der Waals surface area (Å²) < 4.78 is 5.55. The number of carbonyl (C=O) groups excluding carboxylic acids is 1. The molecule has 150 valence electrons. The zero-order valence-corrected chi connectivity index (χ0v) is 17.1. The Hall–Kier alpha value is -2.88. The quantitative estimate of drug-likeness (QED) is 0.575. The van der Waals surface area contributed by atoms with E-state index in [1.165, 1.54) is 19.3 Å². The van der Waals surface area contributed by atoms with Crippen molar-refractivity contribution in [2.75, 3.05) is 19.7 Å². The van der Waals surface area contributed by atoms with Crippen LogP contribution in [0, 0.1) is 0 Å². The summed E-state index contributed by atoms with van der Waals surface area (Å²) in [7, 11) is 0. The first-order chi connectivity index (χ1) is 14.3. The third-order valence-corrected chi connectivity index (χ3v) is 5.55. The Kier molecular flexibility index (Phi) is 6.09. The molecule has 4 heteroatoms. The molecule has 0 unspecified atom stereocenters. The van der Waals surface area contributed by atoms with Gasteiger partial charge in [0.15, 0.2) is 0 Å². The number of para-hydroxylation sites is 1. The number of nitrogens with zero attached hydrogens (tertiary/aromatic N) is 2. The summed E-state index contributed by atoms with van der Waals surface area (Å²) in [6, 6.07) is 17.8. The Morgan fingerprint density at radius 1 is 0.966 bits per heavy atom. The number of carbonyl (C=O) groups is 1. The van der Waals surface area contributed by atoms with E-state index in [4.69, 9.17) is 9.72 Å². The lowest BCUT2D eigenvalue weighted by Crippen LogP contribution is -2.34. The van der Waals surface area contributed by atoms with Gasteiger partial charge in [0.25, 0.3) is 5.91 Å². The van der Waals surface area contributed by atoms with Gasteiger partial charge in [0.2, 0.25) is 0 Å². The maximum Gasteiger partial charge on any atom is 0.254 e. The van der Waals surface area contributed by atoms with Gasteiger partial charge in [-0.25, -0.2) is 4.98 Å². The van der Waals surface area contributed by atoms with Crippen molar-refractivity contribution in [2.24, 2.45) is 0 Å². The molecule has 1 aromatic heterocycles. The van der Waals surface area contributed by atoms with Crippen molar-refractivity contribution >= 4 is 16.8 Å². The summed E-state index contributed by atoms with van der Waals surface area (Å²) >= 11 is 0. The Labute approximate surface area is 172 Å². The second-order valence-corrected chi connectivity index (χ2v) is 7.59. The highest BCUT2D eigenvalue weighted by Crippen LogP contribution is 2.27. The minimum atomic E-state index is 0.123. The molecule has 1 saturated heterocycles. The van der Waals surface area contributed by atoms with Gasteiger partial charge in [-0.2, -0.15) is 0 Å². The van der Waals surface area contributed by atoms with Crippen molar-refractivity contribution in [3.8, 4) is 17.0 Å². The fourth-order valence-corrected chi connectivity index (χ4v) is 4.01. The number of amides is 1. The minimum Gasteiger partial charge on any atom is -0.494 e. The Morgan fingerprint density at radius 3 is 2.38 bits per heavy atom. The molecule has 1 fully saturated rings. The molecule has 0 radical (unpaired) electrons. The van der Waals surface area contributed by atoms with E-state index in [-0.39, 0.29) is 5.91 Å². The van der Waals surface area contributed by atoms with E-state index >= 15 is 0 Å². The topological polar surface area (TPSA) is 42.4 Å². The van der Waals surface area contributed by atoms with Crippen molar-refractivity contribution in [1.82, 2.24) is 9.88 Å². The number of benzene rings is 2. The number of hydrogen-bond acceptors (Lipinski definition) is 3. The first kappa shape index (κ1) is 19.4. The lowest BCUT2D eigenvalue weighted by molar-refractivity contribution is 0.0744. The van der Waals surface area contributed by atoms with Crippen molar-refractivity contribution in [3.05, 3.63) is 60.2 Å². The smallest absolute Gasteiger partial charge is 0.254 e. The Morgan fingerprint density at radius 2 is 1.66 bits per heavy atom. The summed E-state index contributed by atoms with van der Waals surface area (Å²) in [5, 5.41) is 0.925. The van der Waals surface area contributed by atoms with Crippen LogP contribution in [-0.4, -0.2) is 35.5 Å². The van der Waals surface area contributed by atoms with E-state index in [9.17, 15) is 4.79 Å². The standard InChI is InChI=1S/C25H28N2O2/c1-2-29-20-14-12-19(13-15-20)24-18-22(21-10-6-7-11-23(21)26-24)25(28)27-16-8-4-3-5-9-17-27/h6-7,10-15,18H,2-5,8-9,16-17H2,1H3. The van der Waals surface area contributed by atoms with Crippen LogP contribution in [0.1, 0.15) is 49.4 Å². The molecule has 2 aromatic carbocycles. The van der Waals surface area contributed by atoms with E-state index < -0.39 is 0 Å². The molecule has 1 amide bonds. The molecule has 1 aliphatic rings. The molecule has 2 heterocycles. The largest absolute Gasteiger partial charge is 0.494 e. The fourth-order valence-electron chi connectivity index (χ4n) is 4.01. The third-order valence-electron chi connectivity index (χ3n) is 5.55. The number of likely N-dealkylation sites (tertiary alicyclic amines) is 1. The SMILES string of the molecule is CCOc1ccc(-c2cc(C(=O)N3CCCCCCC3)c3ccccc3n2)cc1. The Bertz CT molecular complexity index is 974. The molecule has 29 heavy (non-hydrogen) atoms. The summed E-state index contributed by atoms with van der Waals surface area (Å²) in [4.78, 5) is 20.3. The molecule has 0 N–H and O–H groups in total. The fraction of sp³-hybridized carbons (Fsp3) is 0.360. The summed E-state index contributed by atoms with van der Waals surface area (Å²) in [6.07, 6.45) is 5.86. The second-order valence-electron chi connectivity index (χ2n) is 7.59. The van der Waals surface area contributed by atoms with Gasteiger partial charge in [0.1, 0.15) is 5.75 Å². The average molecular weight is 389 g/mol. The highest BCUT2D eigenvalue weighted by Gasteiger charge is 2.20. The van der Waals surface area contributed by atoms with Crippen LogP contribution in [0.5, 0.6) is 5.75 Å². The molecule has 0 spiro atoms. The molecule has 0 atom stereocenters. The number of hydrogen-bond donors (Lipinski definition) is 0. The molecular weight excluding hydrogens is 360 g/mol. The van der Waals surface area contributed by atoms with Crippen LogP contribution < -0.4 is 4.74 Å². The van der Waals surface area contributed by atoms with E-state index in [0.717, 1.165) is 59.4 Å². The maximum atomic E-state index is 13.5. The molecule has 4 rings (SSSR count). The average Bonchev–Trinajstić information content (AvgIpc) is 2.73. The predicted molar refractivity (Wildman–Crippen MR) is 117 cm³/mol. The van der Waals surface area contributed by atoms with Crippen LogP contribution in [0.3, 0.4) is 0 Å². The first-order valence-corrected chi connectivity index (χ1v) is 10.7. The van der Waals surface area contributed by atoms with Crippen molar-refractivity contribution < 1.29 is 9.53 Å². The molecule has 0 bridgehead atoms. The molecule has 0 saturated carbocycles. The second kappa shape index (κ2) is 9.08. The molecule has 4 nitrogen and oxygen atoms in total. The van der Waals surface area contributed by atoms with Gasteiger partial charge in [-0.1, -0.05) is 37.5 Å². The van der Waals surface area contributed by atoms with Crippen molar-refractivity contribution in [2.45, 2.75) is 39.0 Å². The lowest BCUT2D eigenvalue weighted by Gasteiger charge is -2.25. The number of rotatable bonds is 4. The molecular formula is C25H28N2O2. The van der Waals surface area contributed by atoms with E-state index in [0.29, 0.717) is 6.61 Å². The van der Waals surface area contributed by atoms with Gasteiger partial charge in [0.05, 0.1) is 23.4 Å². The van der Waals surface area contributed by atoms with Crippen molar-refractivity contribution in [1.29, 1.82) is 0 Å². The van der Waals surface area contributed by atoms with E-state index in [2.05, 4.69) is 0 Å².